The molecule has 3 aromatic rings. The molecule has 12 heteroatoms. The fraction of sp³-hybridized carbons (Fsp3) is 0.381. The van der Waals surface area contributed by atoms with Gasteiger partial charge in [0.1, 0.15) is 5.75 Å². The molecule has 3 heterocycles. The fourth-order valence-corrected chi connectivity index (χ4v) is 5.02. The molecule has 1 N–H and O–H groups in total. The summed E-state index contributed by atoms with van der Waals surface area (Å²) in [6.07, 6.45) is -4.76. The number of carbonyl (C=O) groups excluding carboxylic acids is 1. The lowest BCUT2D eigenvalue weighted by Crippen LogP contribution is -2.44. The minimum absolute atomic E-state index is 0.307. The number of nitrogens with zero attached hydrogens (tertiary/aromatic N) is 4. The van der Waals surface area contributed by atoms with E-state index < -0.39 is 6.36 Å². The highest BCUT2D eigenvalue weighted by molar-refractivity contribution is 7.15. The van der Waals surface area contributed by atoms with Crippen LogP contribution in [-0.4, -0.2) is 64.7 Å². The van der Waals surface area contributed by atoms with Gasteiger partial charge in [0.05, 0.1) is 12.1 Å². The number of ether oxygens (including phenoxy) is 1. The van der Waals surface area contributed by atoms with Crippen molar-refractivity contribution in [3.8, 4) is 16.2 Å². The molecule has 176 valence electrons. The minimum Gasteiger partial charge on any atom is -0.406 e. The summed E-state index contributed by atoms with van der Waals surface area (Å²) in [5, 5.41) is 3.20. The highest BCUT2D eigenvalue weighted by atomic mass is 32.1. The van der Waals surface area contributed by atoms with E-state index in [2.05, 4.69) is 36.3 Å². The number of aromatic nitrogens is 2. The van der Waals surface area contributed by atoms with Crippen molar-refractivity contribution < 1.29 is 22.7 Å². The Morgan fingerprint density at radius 2 is 1.97 bits per heavy atom. The average Bonchev–Trinajstić information content (AvgIpc) is 3.35. The topological polar surface area (TPSA) is 70.6 Å². The van der Waals surface area contributed by atoms with E-state index in [1.165, 1.54) is 29.5 Å². The number of rotatable bonds is 6. The first kappa shape index (κ1) is 23.6. The highest BCUT2D eigenvalue weighted by Crippen LogP contribution is 2.34. The van der Waals surface area contributed by atoms with Gasteiger partial charge in [-0.05, 0) is 37.7 Å². The van der Waals surface area contributed by atoms with Crippen LogP contribution < -0.4 is 10.1 Å². The Labute approximate surface area is 197 Å². The van der Waals surface area contributed by atoms with Crippen LogP contribution in [0.1, 0.15) is 21.1 Å². The van der Waals surface area contributed by atoms with Crippen molar-refractivity contribution in [2.75, 3.05) is 38.5 Å². The van der Waals surface area contributed by atoms with Gasteiger partial charge in [0.2, 0.25) is 5.13 Å². The molecule has 33 heavy (non-hydrogen) atoms. The Bertz CT molecular complexity index is 1120. The third kappa shape index (κ3) is 6.28. The van der Waals surface area contributed by atoms with E-state index in [4.69, 9.17) is 0 Å². The molecule has 0 bridgehead atoms. The average molecular weight is 498 g/mol. The molecule has 1 aliphatic rings. The number of likely N-dealkylation sites (N-methyl/N-ethyl adjacent to an activating group) is 1. The zero-order valence-corrected chi connectivity index (χ0v) is 19.6. The number of halogens is 3. The molecule has 0 spiro atoms. The Morgan fingerprint density at radius 1 is 1.21 bits per heavy atom. The Hall–Kier alpha value is -2.54. The molecule has 0 saturated carbocycles. The van der Waals surface area contributed by atoms with Crippen molar-refractivity contribution in [2.45, 2.75) is 19.8 Å². The molecule has 0 unspecified atom stereocenters. The molecule has 0 radical (unpaired) electrons. The molecule has 0 aliphatic carbocycles. The second kappa shape index (κ2) is 9.75. The number of hydrogen-bond acceptors (Lipinski definition) is 8. The van der Waals surface area contributed by atoms with Crippen LogP contribution in [0.2, 0.25) is 0 Å². The molecule has 1 fully saturated rings. The lowest BCUT2D eigenvalue weighted by atomic mass is 10.1. The summed E-state index contributed by atoms with van der Waals surface area (Å²) in [7, 11) is 2.09. The lowest BCUT2D eigenvalue weighted by molar-refractivity contribution is -0.274. The quantitative estimate of drug-likeness (QED) is 0.542. The van der Waals surface area contributed by atoms with E-state index >= 15 is 0 Å². The number of anilines is 1. The number of amides is 1. The van der Waals surface area contributed by atoms with Gasteiger partial charge in [0, 0.05) is 47.5 Å². The van der Waals surface area contributed by atoms with Crippen LogP contribution in [-0.2, 0) is 6.54 Å². The van der Waals surface area contributed by atoms with E-state index in [9.17, 15) is 18.0 Å². The maximum Gasteiger partial charge on any atom is 0.573 e. The van der Waals surface area contributed by atoms with Gasteiger partial charge in [-0.2, -0.15) is 4.37 Å². The predicted octanol–water partition coefficient (Wildman–Crippen LogP) is 4.47. The molecule has 1 saturated heterocycles. The zero-order chi connectivity index (χ0) is 23.6. The third-order valence-electron chi connectivity index (χ3n) is 5.16. The first-order chi connectivity index (χ1) is 15.7. The number of alkyl halides is 3. The van der Waals surface area contributed by atoms with Crippen molar-refractivity contribution in [1.82, 2.24) is 19.2 Å². The first-order valence-corrected chi connectivity index (χ1v) is 11.8. The van der Waals surface area contributed by atoms with Gasteiger partial charge in [-0.15, -0.1) is 24.5 Å². The molecule has 0 atom stereocenters. The van der Waals surface area contributed by atoms with Crippen molar-refractivity contribution in [3.05, 3.63) is 46.6 Å². The van der Waals surface area contributed by atoms with Crippen molar-refractivity contribution >= 4 is 33.9 Å². The largest absolute Gasteiger partial charge is 0.573 e. The number of piperazine rings is 1. The van der Waals surface area contributed by atoms with Crippen LogP contribution in [0.5, 0.6) is 5.75 Å². The summed E-state index contributed by atoms with van der Waals surface area (Å²) in [6, 6.07) is 7.35. The van der Waals surface area contributed by atoms with Crippen LogP contribution in [0.3, 0.4) is 0 Å². The van der Waals surface area contributed by atoms with E-state index in [1.54, 1.807) is 19.1 Å². The molecular weight excluding hydrogens is 475 g/mol. The number of nitrogens with one attached hydrogen (secondary N) is 1. The van der Waals surface area contributed by atoms with Crippen molar-refractivity contribution in [2.24, 2.45) is 0 Å². The molecule has 7 nitrogen and oxygen atoms in total. The van der Waals surface area contributed by atoms with E-state index in [1.807, 2.05) is 0 Å². The van der Waals surface area contributed by atoms with Gasteiger partial charge in [-0.3, -0.25) is 15.0 Å². The van der Waals surface area contributed by atoms with Crippen LogP contribution in [0.4, 0.5) is 18.3 Å². The van der Waals surface area contributed by atoms with Crippen LogP contribution in [0, 0.1) is 6.92 Å². The minimum atomic E-state index is -4.76. The van der Waals surface area contributed by atoms with Gasteiger partial charge in [-0.1, -0.05) is 12.1 Å². The number of benzene rings is 1. The smallest absolute Gasteiger partial charge is 0.406 e. The molecule has 2 aromatic heterocycles. The van der Waals surface area contributed by atoms with Gasteiger partial charge < -0.3 is 9.64 Å². The number of hydrogen-bond donors (Lipinski definition) is 1. The van der Waals surface area contributed by atoms with E-state index in [-0.39, 0.29) is 11.7 Å². The summed E-state index contributed by atoms with van der Waals surface area (Å²) in [4.78, 5) is 23.2. The molecule has 1 aliphatic heterocycles. The number of carbonyl (C=O) groups is 1. The molecule has 1 amide bonds. The SMILES string of the molecule is Cc1sc(-c2cccc(OC(F)(F)F)c2)cc1C(=O)Nc1nc(CN2CCN(C)CC2)ns1. The fourth-order valence-electron chi connectivity index (χ4n) is 3.44. The van der Waals surface area contributed by atoms with Gasteiger partial charge in [-0.25, -0.2) is 4.98 Å². The monoisotopic (exact) mass is 497 g/mol. The van der Waals surface area contributed by atoms with Gasteiger partial charge in [0.15, 0.2) is 5.82 Å². The number of thiophene rings is 1. The van der Waals surface area contributed by atoms with Gasteiger partial charge in [0.25, 0.3) is 5.91 Å². The van der Waals surface area contributed by atoms with Crippen LogP contribution in [0.25, 0.3) is 10.4 Å². The Balaban J connectivity index is 1.42. The normalized spacial score (nSPS) is 15.5. The van der Waals surface area contributed by atoms with Gasteiger partial charge >= 0.3 is 6.36 Å². The van der Waals surface area contributed by atoms with E-state index in [0.717, 1.165) is 42.6 Å². The second-order valence-corrected chi connectivity index (χ2v) is 9.71. The van der Waals surface area contributed by atoms with Crippen molar-refractivity contribution in [3.63, 3.8) is 0 Å². The predicted molar refractivity (Wildman–Crippen MR) is 122 cm³/mol. The highest BCUT2D eigenvalue weighted by Gasteiger charge is 2.31. The molecule has 1 aromatic carbocycles. The summed E-state index contributed by atoms with van der Waals surface area (Å²) >= 11 is 2.45. The molecular formula is C21H22F3N5O2S2. The zero-order valence-electron chi connectivity index (χ0n) is 18.0. The van der Waals surface area contributed by atoms with E-state index in [0.29, 0.717) is 33.5 Å². The standard InChI is InChI=1S/C21H22F3N5O2S2/c1-13-16(11-17(32-13)14-4-3-5-15(10-14)31-21(22,23)24)19(30)26-20-25-18(27-33-20)12-29-8-6-28(2)7-9-29/h3-5,10-11H,6-9,12H2,1-2H3,(H,25,26,27,30). The first-order valence-electron chi connectivity index (χ1n) is 10.2. The Kier molecular flexibility index (Phi) is 6.98. The molecule has 4 rings (SSSR count). The third-order valence-corrected chi connectivity index (χ3v) is 6.93. The lowest BCUT2D eigenvalue weighted by Gasteiger charge is -2.31. The maximum atomic E-state index is 12.8. The summed E-state index contributed by atoms with van der Waals surface area (Å²) in [5.74, 6) is 0.0304. The van der Waals surface area contributed by atoms with Crippen molar-refractivity contribution in [1.29, 1.82) is 0 Å². The summed E-state index contributed by atoms with van der Waals surface area (Å²) in [5.41, 5.74) is 0.974. The maximum absolute atomic E-state index is 12.8. The Morgan fingerprint density at radius 3 is 2.70 bits per heavy atom. The van der Waals surface area contributed by atoms with Crippen LogP contribution in [0.15, 0.2) is 30.3 Å². The summed E-state index contributed by atoms with van der Waals surface area (Å²) in [6.45, 7) is 6.32. The number of aryl methyl sites for hydroxylation is 1. The second-order valence-electron chi connectivity index (χ2n) is 7.71. The summed E-state index contributed by atoms with van der Waals surface area (Å²) < 4.78 is 45.9. The van der Waals surface area contributed by atoms with Crippen LogP contribution >= 0.6 is 22.9 Å².